The molecule has 0 radical (unpaired) electrons. The molecule has 0 heterocycles. The highest BCUT2D eigenvalue weighted by atomic mass is 16.6. The van der Waals surface area contributed by atoms with Gasteiger partial charge in [0.1, 0.15) is 17.5 Å². The lowest BCUT2D eigenvalue weighted by Gasteiger charge is -2.27. The number of non-ortho nitro benzene ring substituents is 1. The van der Waals surface area contributed by atoms with Gasteiger partial charge in [-0.25, -0.2) is 4.79 Å². The Labute approximate surface area is 185 Å². The monoisotopic (exact) mass is 441 g/mol. The number of nitro benzene ring substituents is 1. The van der Waals surface area contributed by atoms with Crippen molar-refractivity contribution >= 4 is 17.6 Å². The second-order valence-electron chi connectivity index (χ2n) is 8.05. The fourth-order valence-corrected chi connectivity index (χ4v) is 3.85. The first-order chi connectivity index (χ1) is 15.4. The molecule has 9 nitrogen and oxygen atoms in total. The van der Waals surface area contributed by atoms with Crippen molar-refractivity contribution in [3.05, 3.63) is 64.2 Å². The zero-order chi connectivity index (χ0) is 23.1. The molecule has 1 fully saturated rings. The van der Waals surface area contributed by atoms with Crippen LogP contribution in [-0.2, 0) is 16.0 Å². The number of carboxylic acids is 1. The van der Waals surface area contributed by atoms with E-state index in [2.05, 4.69) is 5.32 Å². The molecule has 0 unspecified atom stereocenters. The number of benzene rings is 2. The van der Waals surface area contributed by atoms with E-state index in [0.717, 1.165) is 31.2 Å². The first-order valence-corrected chi connectivity index (χ1v) is 10.6. The average Bonchev–Trinajstić information content (AvgIpc) is 2.80. The van der Waals surface area contributed by atoms with Gasteiger partial charge in [0.05, 0.1) is 4.92 Å². The van der Waals surface area contributed by atoms with Gasteiger partial charge in [-0.3, -0.25) is 14.9 Å². The number of nitro groups is 1. The number of rotatable bonds is 9. The van der Waals surface area contributed by atoms with Crippen molar-refractivity contribution in [1.29, 1.82) is 0 Å². The molecule has 4 N–H and O–H groups in total. The Hall–Kier alpha value is -3.46. The molecule has 1 amide bonds. The van der Waals surface area contributed by atoms with Crippen LogP contribution in [0.4, 0.5) is 5.69 Å². The van der Waals surface area contributed by atoms with Crippen LogP contribution in [0, 0.1) is 22.0 Å². The van der Waals surface area contributed by atoms with Crippen LogP contribution in [0.3, 0.4) is 0 Å². The second-order valence-corrected chi connectivity index (χ2v) is 8.05. The topological polar surface area (TPSA) is 145 Å². The third kappa shape index (κ3) is 6.27. The van der Waals surface area contributed by atoms with Crippen LogP contribution in [0.25, 0.3) is 0 Å². The van der Waals surface area contributed by atoms with Gasteiger partial charge in [-0.1, -0.05) is 12.1 Å². The van der Waals surface area contributed by atoms with Gasteiger partial charge >= 0.3 is 5.97 Å². The normalized spacial score (nSPS) is 19.0. The molecule has 0 spiro atoms. The standard InChI is InChI=1S/C23H27N3O6/c24-14-16-1-5-17(6-2-16)22(27)25-21(23(28)29)13-15-3-9-19(10-4-15)32-20-11-7-18(8-12-20)26(30)31/h3-4,7-12,16-17,21H,1-2,5-6,13-14,24H2,(H,25,27)(H,28,29)/t16?,17?,21-/m0/s1. The number of carbonyl (C=O) groups is 2. The summed E-state index contributed by atoms with van der Waals surface area (Å²) < 4.78 is 5.66. The number of aliphatic carboxylic acids is 1. The van der Waals surface area contributed by atoms with Crippen molar-refractivity contribution in [3.8, 4) is 11.5 Å². The quantitative estimate of drug-likeness (QED) is 0.400. The predicted octanol–water partition coefficient (Wildman–Crippen LogP) is 3.26. The van der Waals surface area contributed by atoms with Gasteiger partial charge in [0, 0.05) is 24.5 Å². The molecule has 1 aliphatic carbocycles. The molecule has 9 heteroatoms. The molecule has 0 aromatic heterocycles. The summed E-state index contributed by atoms with van der Waals surface area (Å²) in [6, 6.07) is 11.5. The summed E-state index contributed by atoms with van der Waals surface area (Å²) in [6.45, 7) is 0.621. The van der Waals surface area contributed by atoms with Crippen LogP contribution >= 0.6 is 0 Å². The molecule has 1 atom stereocenters. The molecule has 1 aliphatic rings. The summed E-state index contributed by atoms with van der Waals surface area (Å²) in [4.78, 5) is 34.5. The lowest BCUT2D eigenvalue weighted by molar-refractivity contribution is -0.384. The van der Waals surface area contributed by atoms with E-state index in [1.54, 1.807) is 24.3 Å². The number of carbonyl (C=O) groups excluding carboxylic acids is 1. The highest BCUT2D eigenvalue weighted by Crippen LogP contribution is 2.28. The molecule has 3 rings (SSSR count). The molecule has 0 bridgehead atoms. The molecule has 2 aromatic rings. The SMILES string of the molecule is NCC1CCC(C(=O)N[C@@H](Cc2ccc(Oc3ccc([N+](=O)[O-])cc3)cc2)C(=O)O)CC1. The largest absolute Gasteiger partial charge is 0.480 e. The zero-order valence-corrected chi connectivity index (χ0v) is 17.6. The van der Waals surface area contributed by atoms with E-state index < -0.39 is 16.9 Å². The highest BCUT2D eigenvalue weighted by Gasteiger charge is 2.29. The van der Waals surface area contributed by atoms with E-state index in [9.17, 15) is 24.8 Å². The van der Waals surface area contributed by atoms with Crippen molar-refractivity contribution < 1.29 is 24.4 Å². The summed E-state index contributed by atoms with van der Waals surface area (Å²) >= 11 is 0. The van der Waals surface area contributed by atoms with E-state index in [1.807, 2.05) is 0 Å². The number of ether oxygens (including phenoxy) is 1. The van der Waals surface area contributed by atoms with E-state index in [4.69, 9.17) is 10.5 Å². The maximum atomic E-state index is 12.6. The van der Waals surface area contributed by atoms with Crippen LogP contribution in [-0.4, -0.2) is 34.5 Å². The minimum Gasteiger partial charge on any atom is -0.480 e. The molecular formula is C23H27N3O6. The van der Waals surface area contributed by atoms with Gasteiger partial charge in [-0.2, -0.15) is 0 Å². The van der Waals surface area contributed by atoms with Gasteiger partial charge in [0.2, 0.25) is 5.91 Å². The van der Waals surface area contributed by atoms with Crippen LogP contribution in [0.2, 0.25) is 0 Å². The number of nitrogens with one attached hydrogen (secondary N) is 1. The Morgan fingerprint density at radius 3 is 2.12 bits per heavy atom. The first kappa shape index (κ1) is 23.2. The Morgan fingerprint density at radius 2 is 1.62 bits per heavy atom. The molecule has 1 saturated carbocycles. The third-order valence-corrected chi connectivity index (χ3v) is 5.81. The average molecular weight is 441 g/mol. The third-order valence-electron chi connectivity index (χ3n) is 5.81. The highest BCUT2D eigenvalue weighted by molar-refractivity contribution is 5.85. The summed E-state index contributed by atoms with van der Waals surface area (Å²) in [6.07, 6.45) is 3.39. The first-order valence-electron chi connectivity index (χ1n) is 10.6. The Kier molecular flexibility index (Phi) is 7.77. The number of nitrogens with two attached hydrogens (primary N) is 1. The molecular weight excluding hydrogens is 414 g/mol. The van der Waals surface area contributed by atoms with Gasteiger partial charge in [-0.05, 0) is 68.0 Å². The number of carboxylic acid groups (broad SMARTS) is 1. The maximum absolute atomic E-state index is 12.6. The smallest absolute Gasteiger partial charge is 0.326 e. The Balaban J connectivity index is 1.56. The van der Waals surface area contributed by atoms with Gasteiger partial charge < -0.3 is 20.9 Å². The second kappa shape index (κ2) is 10.7. The number of hydrogen-bond acceptors (Lipinski definition) is 6. The van der Waals surface area contributed by atoms with Crippen molar-refractivity contribution in [2.45, 2.75) is 38.1 Å². The molecule has 32 heavy (non-hydrogen) atoms. The van der Waals surface area contributed by atoms with Crippen LogP contribution in [0.1, 0.15) is 31.2 Å². The zero-order valence-electron chi connectivity index (χ0n) is 17.6. The van der Waals surface area contributed by atoms with E-state index in [1.165, 1.54) is 24.3 Å². The fraction of sp³-hybridized carbons (Fsp3) is 0.391. The predicted molar refractivity (Wildman–Crippen MR) is 117 cm³/mol. The van der Waals surface area contributed by atoms with Gasteiger partial charge in [0.15, 0.2) is 0 Å². The van der Waals surface area contributed by atoms with Crippen molar-refractivity contribution in [3.63, 3.8) is 0 Å². The lowest BCUT2D eigenvalue weighted by atomic mass is 9.81. The summed E-state index contributed by atoms with van der Waals surface area (Å²) in [5.41, 5.74) is 6.40. The van der Waals surface area contributed by atoms with Crippen molar-refractivity contribution in [2.24, 2.45) is 17.6 Å². The van der Waals surface area contributed by atoms with E-state index in [-0.39, 0.29) is 23.9 Å². The van der Waals surface area contributed by atoms with Crippen molar-refractivity contribution in [2.75, 3.05) is 6.54 Å². The van der Waals surface area contributed by atoms with Crippen LogP contribution in [0.5, 0.6) is 11.5 Å². The van der Waals surface area contributed by atoms with Crippen molar-refractivity contribution in [1.82, 2.24) is 5.32 Å². The van der Waals surface area contributed by atoms with Crippen LogP contribution < -0.4 is 15.8 Å². The minimum absolute atomic E-state index is 0.0260. The number of amides is 1. The number of hydrogen-bond donors (Lipinski definition) is 3. The number of nitrogens with zero attached hydrogens (tertiary/aromatic N) is 1. The van der Waals surface area contributed by atoms with E-state index in [0.29, 0.717) is 24.0 Å². The summed E-state index contributed by atoms with van der Waals surface area (Å²) in [5.74, 6) is -0.0667. The van der Waals surface area contributed by atoms with Gasteiger partial charge in [-0.15, -0.1) is 0 Å². The minimum atomic E-state index is -1.08. The molecule has 0 aliphatic heterocycles. The summed E-state index contributed by atoms with van der Waals surface area (Å²) in [7, 11) is 0. The lowest BCUT2D eigenvalue weighted by Crippen LogP contribution is -2.45. The Morgan fingerprint density at radius 1 is 1.06 bits per heavy atom. The molecule has 2 aromatic carbocycles. The van der Waals surface area contributed by atoms with Crippen LogP contribution in [0.15, 0.2) is 48.5 Å². The van der Waals surface area contributed by atoms with E-state index >= 15 is 0 Å². The molecule has 170 valence electrons. The summed E-state index contributed by atoms with van der Waals surface area (Å²) in [5, 5.41) is 23.0. The Bertz CT molecular complexity index is 937. The van der Waals surface area contributed by atoms with Gasteiger partial charge in [0.25, 0.3) is 5.69 Å². The maximum Gasteiger partial charge on any atom is 0.326 e. The molecule has 0 saturated heterocycles. The fourth-order valence-electron chi connectivity index (χ4n) is 3.85.